The zero-order valence-corrected chi connectivity index (χ0v) is 20.6. The van der Waals surface area contributed by atoms with Crippen molar-refractivity contribution in [3.05, 3.63) is 59.4 Å². The average Bonchev–Trinajstić information content (AvgIpc) is 3.32. The maximum atomic E-state index is 13.4. The number of nitrogens with zero attached hydrogens (tertiary/aromatic N) is 3. The SMILES string of the molecule is C[C@@H](OC(=O)c1cc(S(=O)(=O)N(C)C)ccc1N1CCCC1)C(=O)N(C)Cc1cccc(F)c1. The maximum Gasteiger partial charge on any atom is 0.341 e. The van der Waals surface area contributed by atoms with Crippen LogP contribution in [0.25, 0.3) is 0 Å². The van der Waals surface area contributed by atoms with Crippen LogP contribution in [0.5, 0.6) is 0 Å². The molecule has 1 amide bonds. The molecule has 0 aliphatic carbocycles. The van der Waals surface area contributed by atoms with Gasteiger partial charge in [-0.25, -0.2) is 21.9 Å². The minimum Gasteiger partial charge on any atom is -0.449 e. The molecule has 184 valence electrons. The second kappa shape index (κ2) is 10.5. The lowest BCUT2D eigenvalue weighted by atomic mass is 10.1. The highest BCUT2D eigenvalue weighted by atomic mass is 32.2. The second-order valence-corrected chi connectivity index (χ2v) is 10.7. The number of esters is 1. The van der Waals surface area contributed by atoms with E-state index in [-0.39, 0.29) is 17.0 Å². The van der Waals surface area contributed by atoms with Crippen LogP contribution in [0.3, 0.4) is 0 Å². The molecule has 0 unspecified atom stereocenters. The van der Waals surface area contributed by atoms with Crippen LogP contribution < -0.4 is 4.90 Å². The summed E-state index contributed by atoms with van der Waals surface area (Å²) in [4.78, 5) is 29.3. The molecule has 3 rings (SSSR count). The van der Waals surface area contributed by atoms with Crippen molar-refractivity contribution in [2.45, 2.75) is 37.3 Å². The molecule has 0 bridgehead atoms. The van der Waals surface area contributed by atoms with Gasteiger partial charge < -0.3 is 14.5 Å². The first-order valence-electron chi connectivity index (χ1n) is 11.0. The number of sulfonamides is 1. The predicted octanol–water partition coefficient (Wildman–Crippen LogP) is 2.88. The molecule has 10 heteroatoms. The van der Waals surface area contributed by atoms with Gasteiger partial charge in [-0.15, -0.1) is 0 Å². The highest BCUT2D eigenvalue weighted by molar-refractivity contribution is 7.89. The molecule has 1 fully saturated rings. The number of ether oxygens (including phenoxy) is 1. The lowest BCUT2D eigenvalue weighted by molar-refractivity contribution is -0.139. The largest absolute Gasteiger partial charge is 0.449 e. The van der Waals surface area contributed by atoms with E-state index < -0.39 is 33.8 Å². The van der Waals surface area contributed by atoms with Gasteiger partial charge >= 0.3 is 5.97 Å². The highest BCUT2D eigenvalue weighted by Gasteiger charge is 2.28. The lowest BCUT2D eigenvalue weighted by Gasteiger charge is -2.24. The molecule has 1 heterocycles. The molecular formula is C24H30FN3O5S. The van der Waals surface area contributed by atoms with Gasteiger partial charge in [-0.1, -0.05) is 12.1 Å². The minimum absolute atomic E-state index is 0.0328. The Bertz CT molecular complexity index is 1160. The summed E-state index contributed by atoms with van der Waals surface area (Å²) in [6, 6.07) is 10.3. The molecule has 0 spiro atoms. The predicted molar refractivity (Wildman–Crippen MR) is 127 cm³/mol. The van der Waals surface area contributed by atoms with Crippen molar-refractivity contribution in [3.8, 4) is 0 Å². The van der Waals surface area contributed by atoms with Crippen molar-refractivity contribution in [2.75, 3.05) is 39.1 Å². The lowest BCUT2D eigenvalue weighted by Crippen LogP contribution is -2.37. The molecular weight excluding hydrogens is 461 g/mol. The quantitative estimate of drug-likeness (QED) is 0.528. The fourth-order valence-corrected chi connectivity index (χ4v) is 4.78. The zero-order valence-electron chi connectivity index (χ0n) is 19.8. The second-order valence-electron chi connectivity index (χ2n) is 8.53. The molecule has 1 aliphatic heterocycles. The Kier molecular flexibility index (Phi) is 7.93. The Balaban J connectivity index is 1.82. The van der Waals surface area contributed by atoms with Gasteiger partial charge in [0.25, 0.3) is 5.91 Å². The van der Waals surface area contributed by atoms with Crippen molar-refractivity contribution in [1.29, 1.82) is 0 Å². The third-order valence-electron chi connectivity index (χ3n) is 5.73. The summed E-state index contributed by atoms with van der Waals surface area (Å²) in [5.41, 5.74) is 1.28. The van der Waals surface area contributed by atoms with Gasteiger partial charge in [0.05, 0.1) is 16.1 Å². The number of benzene rings is 2. The van der Waals surface area contributed by atoms with E-state index >= 15 is 0 Å². The van der Waals surface area contributed by atoms with Crippen molar-refractivity contribution in [1.82, 2.24) is 9.21 Å². The van der Waals surface area contributed by atoms with E-state index in [1.807, 2.05) is 4.90 Å². The van der Waals surface area contributed by atoms with Crippen molar-refractivity contribution in [2.24, 2.45) is 0 Å². The van der Waals surface area contributed by atoms with E-state index in [0.29, 0.717) is 11.3 Å². The van der Waals surface area contributed by atoms with Gasteiger partial charge in [-0.2, -0.15) is 0 Å². The van der Waals surface area contributed by atoms with E-state index in [1.54, 1.807) is 18.2 Å². The zero-order chi connectivity index (χ0) is 25.0. The first-order chi connectivity index (χ1) is 16.0. The summed E-state index contributed by atoms with van der Waals surface area (Å²) >= 11 is 0. The summed E-state index contributed by atoms with van der Waals surface area (Å²) < 4.78 is 45.2. The smallest absolute Gasteiger partial charge is 0.341 e. The Morgan fingerprint density at radius 3 is 2.38 bits per heavy atom. The van der Waals surface area contributed by atoms with Gasteiger partial charge in [0.2, 0.25) is 10.0 Å². The van der Waals surface area contributed by atoms with E-state index in [9.17, 15) is 22.4 Å². The van der Waals surface area contributed by atoms with Crippen LogP contribution in [0.4, 0.5) is 10.1 Å². The Morgan fingerprint density at radius 2 is 1.76 bits per heavy atom. The summed E-state index contributed by atoms with van der Waals surface area (Å²) in [5.74, 6) is -1.64. The Hall–Kier alpha value is -2.98. The summed E-state index contributed by atoms with van der Waals surface area (Å²) in [5, 5.41) is 0. The maximum absolute atomic E-state index is 13.4. The van der Waals surface area contributed by atoms with Gasteiger partial charge in [0, 0.05) is 40.8 Å². The molecule has 0 N–H and O–H groups in total. The number of likely N-dealkylation sites (N-methyl/N-ethyl adjacent to an activating group) is 1. The topological polar surface area (TPSA) is 87.2 Å². The number of carbonyl (C=O) groups excluding carboxylic acids is 2. The molecule has 1 aliphatic rings. The van der Waals surface area contributed by atoms with Crippen LogP contribution in [0.1, 0.15) is 35.7 Å². The van der Waals surface area contributed by atoms with Gasteiger partial charge in [-0.05, 0) is 55.7 Å². The Labute approximate surface area is 200 Å². The van der Waals surface area contributed by atoms with E-state index in [1.165, 1.54) is 57.2 Å². The third-order valence-corrected chi connectivity index (χ3v) is 7.54. The van der Waals surface area contributed by atoms with Crippen LogP contribution in [-0.2, 0) is 26.1 Å². The van der Waals surface area contributed by atoms with Crippen molar-refractivity contribution >= 4 is 27.6 Å². The molecule has 0 radical (unpaired) electrons. The molecule has 2 aromatic rings. The van der Waals surface area contributed by atoms with Crippen molar-refractivity contribution < 1.29 is 27.1 Å². The minimum atomic E-state index is -3.77. The number of anilines is 1. The monoisotopic (exact) mass is 491 g/mol. The first-order valence-corrected chi connectivity index (χ1v) is 12.5. The molecule has 8 nitrogen and oxygen atoms in total. The fourth-order valence-electron chi connectivity index (χ4n) is 3.86. The van der Waals surface area contributed by atoms with Crippen LogP contribution in [-0.4, -0.2) is 69.8 Å². The third kappa shape index (κ3) is 5.74. The molecule has 0 aromatic heterocycles. The standard InChI is InChI=1S/C24H30FN3O5S/c1-17(23(29)27(4)16-18-8-7-9-19(25)14-18)33-24(30)21-15-20(34(31,32)26(2)3)10-11-22(21)28-12-5-6-13-28/h7-11,14-15,17H,5-6,12-13,16H2,1-4H3/t17-/m1/s1. The van der Waals surface area contributed by atoms with Gasteiger partial charge in [-0.3, -0.25) is 4.79 Å². The molecule has 1 saturated heterocycles. The molecule has 0 saturated carbocycles. The molecule has 34 heavy (non-hydrogen) atoms. The molecule has 1 atom stereocenters. The van der Waals surface area contributed by atoms with E-state index in [0.717, 1.165) is 30.2 Å². The number of hydrogen-bond donors (Lipinski definition) is 0. The molecule has 2 aromatic carbocycles. The van der Waals surface area contributed by atoms with E-state index in [2.05, 4.69) is 0 Å². The number of hydrogen-bond acceptors (Lipinski definition) is 6. The van der Waals surface area contributed by atoms with E-state index in [4.69, 9.17) is 4.74 Å². The number of amides is 1. The first kappa shape index (κ1) is 25.6. The van der Waals surface area contributed by atoms with Crippen LogP contribution in [0.2, 0.25) is 0 Å². The van der Waals surface area contributed by atoms with Crippen LogP contribution >= 0.6 is 0 Å². The summed E-state index contributed by atoms with van der Waals surface area (Å²) in [7, 11) is 0.598. The number of rotatable bonds is 8. The number of halogens is 1. The Morgan fingerprint density at radius 1 is 1.09 bits per heavy atom. The fraction of sp³-hybridized carbons (Fsp3) is 0.417. The highest BCUT2D eigenvalue weighted by Crippen LogP contribution is 2.29. The van der Waals surface area contributed by atoms with Gasteiger partial charge in [0.15, 0.2) is 6.10 Å². The van der Waals surface area contributed by atoms with Gasteiger partial charge in [0.1, 0.15) is 5.82 Å². The summed E-state index contributed by atoms with van der Waals surface area (Å²) in [6.45, 7) is 3.09. The van der Waals surface area contributed by atoms with Crippen LogP contribution in [0.15, 0.2) is 47.4 Å². The average molecular weight is 492 g/mol. The normalized spacial score (nSPS) is 14.8. The number of carbonyl (C=O) groups is 2. The van der Waals surface area contributed by atoms with Crippen LogP contribution in [0, 0.1) is 5.82 Å². The van der Waals surface area contributed by atoms with Crippen molar-refractivity contribution in [3.63, 3.8) is 0 Å². The summed E-state index contributed by atoms with van der Waals surface area (Å²) in [6.07, 6.45) is 0.810.